The number of nitrogens with one attached hydrogen (secondary N) is 1. The molecule has 4 saturated carbocycles. The summed E-state index contributed by atoms with van der Waals surface area (Å²) in [5.74, 6) is 0.964. The molecular formula is C41H59NO6. The molecule has 48 heavy (non-hydrogen) atoms. The number of epoxide rings is 1. The fourth-order valence-electron chi connectivity index (χ4n) is 13.6. The van der Waals surface area contributed by atoms with E-state index in [-0.39, 0.29) is 63.1 Å². The third-order valence-corrected chi connectivity index (χ3v) is 15.0. The number of aliphatic hydroxyl groups excluding tert-OH is 2. The minimum absolute atomic E-state index is 0.00561. The molecule has 1 aromatic rings. The van der Waals surface area contributed by atoms with Crippen LogP contribution in [0.3, 0.4) is 0 Å². The van der Waals surface area contributed by atoms with Crippen LogP contribution in [0.15, 0.2) is 35.4 Å². The first-order valence-electron chi connectivity index (χ1n) is 18.7. The molecule has 0 amide bonds. The number of ether oxygens (including phenoxy) is 1. The average molecular weight is 662 g/mol. The lowest BCUT2D eigenvalue weighted by molar-refractivity contribution is -0.201. The number of Topliss-reactive ketones (excluding diaryl/α,β-unsaturated/α-hetero) is 2. The van der Waals surface area contributed by atoms with Crippen molar-refractivity contribution in [1.29, 1.82) is 0 Å². The molecule has 1 saturated heterocycles. The second-order valence-electron chi connectivity index (χ2n) is 18.7. The maximum Gasteiger partial charge on any atom is 0.160 e. The zero-order chi connectivity index (χ0) is 34.8. The van der Waals surface area contributed by atoms with Gasteiger partial charge >= 0.3 is 0 Å². The topological polar surface area (TPSA) is 119 Å². The summed E-state index contributed by atoms with van der Waals surface area (Å²) < 4.78 is 5.79. The number of allylic oxidation sites excluding steroid dienone is 2. The highest BCUT2D eigenvalue weighted by atomic mass is 16.6. The van der Waals surface area contributed by atoms with Crippen molar-refractivity contribution in [3.8, 4) is 5.75 Å². The van der Waals surface area contributed by atoms with Gasteiger partial charge in [-0.2, -0.15) is 0 Å². The van der Waals surface area contributed by atoms with Crippen LogP contribution in [-0.4, -0.2) is 63.4 Å². The Labute approximate surface area is 287 Å². The number of aliphatic hydroxyl groups is 2. The Morgan fingerprint density at radius 3 is 2.40 bits per heavy atom. The molecule has 2 unspecified atom stereocenters. The Kier molecular flexibility index (Phi) is 7.86. The molecule has 1 aliphatic heterocycles. The van der Waals surface area contributed by atoms with Crippen LogP contribution in [0.4, 0.5) is 0 Å². The summed E-state index contributed by atoms with van der Waals surface area (Å²) in [6.45, 7) is 17.6. The molecule has 264 valence electrons. The van der Waals surface area contributed by atoms with Crippen LogP contribution >= 0.6 is 0 Å². The Hall–Kier alpha value is -2.06. The normalized spacial score (nSPS) is 42.8. The van der Waals surface area contributed by atoms with Gasteiger partial charge in [0.05, 0.1) is 23.2 Å². The molecular weight excluding hydrogens is 602 g/mol. The molecule has 1 spiro atoms. The molecule has 0 aromatic heterocycles. The lowest BCUT2D eigenvalue weighted by Gasteiger charge is -2.71. The predicted molar refractivity (Wildman–Crippen MR) is 185 cm³/mol. The summed E-state index contributed by atoms with van der Waals surface area (Å²) in [5, 5.41) is 36.1. The maximum absolute atomic E-state index is 15.2. The van der Waals surface area contributed by atoms with E-state index in [2.05, 4.69) is 39.9 Å². The van der Waals surface area contributed by atoms with Gasteiger partial charge in [0, 0.05) is 29.8 Å². The number of hydrogen-bond donors (Lipinski definition) is 4. The van der Waals surface area contributed by atoms with Crippen molar-refractivity contribution in [1.82, 2.24) is 5.32 Å². The van der Waals surface area contributed by atoms with E-state index in [0.717, 1.165) is 49.7 Å². The molecule has 5 fully saturated rings. The second kappa shape index (κ2) is 11.0. The van der Waals surface area contributed by atoms with E-state index in [4.69, 9.17) is 4.74 Å². The van der Waals surface area contributed by atoms with E-state index < -0.39 is 23.0 Å². The Morgan fingerprint density at radius 2 is 1.75 bits per heavy atom. The largest absolute Gasteiger partial charge is 0.508 e. The number of fused-ring (bicyclic) bond motifs is 1. The fraction of sp³-hybridized carbons (Fsp3) is 0.756. The van der Waals surface area contributed by atoms with Gasteiger partial charge < -0.3 is 25.4 Å². The minimum atomic E-state index is -0.738. The zero-order valence-corrected chi connectivity index (χ0v) is 30.5. The minimum Gasteiger partial charge on any atom is -0.508 e. The van der Waals surface area contributed by atoms with Crippen molar-refractivity contribution in [3.63, 3.8) is 0 Å². The predicted octanol–water partition coefficient (Wildman–Crippen LogP) is 6.41. The summed E-state index contributed by atoms with van der Waals surface area (Å²) in [7, 11) is 0. The lowest BCUT2D eigenvalue weighted by atomic mass is 9.33. The van der Waals surface area contributed by atoms with E-state index in [1.807, 2.05) is 39.0 Å². The first-order valence-corrected chi connectivity index (χ1v) is 18.7. The van der Waals surface area contributed by atoms with Crippen LogP contribution in [0.2, 0.25) is 0 Å². The molecule has 7 heteroatoms. The fourth-order valence-corrected chi connectivity index (χ4v) is 13.6. The number of ketones is 2. The van der Waals surface area contributed by atoms with Crippen molar-refractivity contribution in [3.05, 3.63) is 41.0 Å². The highest BCUT2D eigenvalue weighted by molar-refractivity contribution is 6.01. The number of carbonyl (C=O) groups excluding carboxylic acids is 2. The van der Waals surface area contributed by atoms with E-state index in [1.165, 1.54) is 5.57 Å². The van der Waals surface area contributed by atoms with E-state index >= 15 is 4.79 Å². The number of rotatable bonds is 8. The Morgan fingerprint density at radius 1 is 1.04 bits per heavy atom. The van der Waals surface area contributed by atoms with E-state index in [9.17, 15) is 20.1 Å². The monoisotopic (exact) mass is 661 g/mol. The van der Waals surface area contributed by atoms with Crippen LogP contribution in [0, 0.1) is 39.4 Å². The second-order valence-corrected chi connectivity index (χ2v) is 18.7. The Balaban J connectivity index is 1.40. The molecule has 1 heterocycles. The van der Waals surface area contributed by atoms with Crippen LogP contribution in [0.25, 0.3) is 0 Å². The molecule has 4 N–H and O–H groups in total. The van der Waals surface area contributed by atoms with Gasteiger partial charge in [0.15, 0.2) is 5.78 Å². The van der Waals surface area contributed by atoms with Crippen molar-refractivity contribution >= 4 is 11.6 Å². The zero-order valence-electron chi connectivity index (χ0n) is 30.5. The van der Waals surface area contributed by atoms with E-state index in [0.29, 0.717) is 31.7 Å². The van der Waals surface area contributed by atoms with Gasteiger partial charge in [0.1, 0.15) is 17.6 Å². The van der Waals surface area contributed by atoms with Gasteiger partial charge in [0.25, 0.3) is 0 Å². The summed E-state index contributed by atoms with van der Waals surface area (Å²) in [5.41, 5.74) is 0.728. The number of phenols is 1. The maximum atomic E-state index is 15.2. The third kappa shape index (κ3) is 4.65. The van der Waals surface area contributed by atoms with Crippen molar-refractivity contribution < 1.29 is 29.6 Å². The SMILES string of the molecule is C[C@H](O)CN[C@@H]1C[C@@]2(C)C3CCC4=C([C@H](C)C[C@@H](O)[C@@H]5OC5(C)C)C(=O)C[C@@]42CCC[C@]2(c4cccc(O)c4)C[C@]3(C)C1C(C)(C)C2=O. The molecule has 11 atom stereocenters. The molecule has 7 rings (SSSR count). The van der Waals surface area contributed by atoms with Crippen molar-refractivity contribution in [2.24, 2.45) is 39.4 Å². The molecule has 1 aromatic carbocycles. The molecule has 5 aliphatic carbocycles. The third-order valence-electron chi connectivity index (χ3n) is 15.0. The van der Waals surface area contributed by atoms with Crippen LogP contribution in [-0.2, 0) is 19.7 Å². The molecule has 6 aliphatic rings. The molecule has 0 radical (unpaired) electrons. The van der Waals surface area contributed by atoms with Gasteiger partial charge in [0.2, 0.25) is 0 Å². The standard InChI is InChI=1S/C41H59NO6/c1-23(17-29(45)34-37(5,6)48-34)32-27-13-14-31-38(7)22-40(25-11-9-12-26(44)18-25)15-10-16-41(27,20-30(32)46)39(31,8)19-28(42-21-24(2)43)33(38)36(3,4)35(40)47/h9,11-12,18,23-24,28-29,31,33-34,42-45H,10,13-17,19-22H2,1-8H3/t23-,24+,28-,29-,31?,33?,34+,38+,39+,40-,41+/m1/s1. The number of carbonyl (C=O) groups is 2. The highest BCUT2D eigenvalue weighted by Crippen LogP contribution is 2.77. The summed E-state index contributed by atoms with van der Waals surface area (Å²) in [6, 6.07) is 7.43. The number of phenolic OH excluding ortho intramolecular Hbond substituents is 1. The first kappa shape index (κ1) is 34.4. The number of hydrogen-bond acceptors (Lipinski definition) is 7. The van der Waals surface area contributed by atoms with Gasteiger partial charge in [-0.25, -0.2) is 0 Å². The van der Waals surface area contributed by atoms with Crippen molar-refractivity contribution in [2.75, 3.05) is 6.54 Å². The van der Waals surface area contributed by atoms with E-state index in [1.54, 1.807) is 6.07 Å². The van der Waals surface area contributed by atoms with Crippen LogP contribution in [0.1, 0.15) is 119 Å². The number of aromatic hydroxyl groups is 1. The van der Waals surface area contributed by atoms with Gasteiger partial charge in [-0.05, 0) is 118 Å². The first-order chi connectivity index (χ1) is 22.3. The van der Waals surface area contributed by atoms with Gasteiger partial charge in [-0.3, -0.25) is 9.59 Å². The lowest BCUT2D eigenvalue weighted by Crippen LogP contribution is -2.72. The van der Waals surface area contributed by atoms with Crippen molar-refractivity contribution in [2.45, 2.75) is 149 Å². The molecule has 7 nitrogen and oxygen atoms in total. The average Bonchev–Trinajstić information content (AvgIpc) is 3.52. The smallest absolute Gasteiger partial charge is 0.160 e. The summed E-state index contributed by atoms with van der Waals surface area (Å²) in [6.07, 6.45) is 5.46. The molecule has 5 bridgehead atoms. The Bertz CT molecular complexity index is 1540. The highest BCUT2D eigenvalue weighted by Gasteiger charge is 2.74. The summed E-state index contributed by atoms with van der Waals surface area (Å²) >= 11 is 0. The number of benzene rings is 1. The van der Waals surface area contributed by atoms with Gasteiger partial charge in [-0.1, -0.05) is 58.7 Å². The van der Waals surface area contributed by atoms with Crippen LogP contribution < -0.4 is 5.32 Å². The summed E-state index contributed by atoms with van der Waals surface area (Å²) in [4.78, 5) is 29.7. The quantitative estimate of drug-likeness (QED) is 0.238. The van der Waals surface area contributed by atoms with Crippen LogP contribution in [0.5, 0.6) is 5.75 Å². The van der Waals surface area contributed by atoms with Gasteiger partial charge in [-0.15, -0.1) is 0 Å².